The van der Waals surface area contributed by atoms with Gasteiger partial charge in [0.25, 0.3) is 0 Å². The van der Waals surface area contributed by atoms with E-state index in [1.807, 2.05) is 0 Å². The third-order valence-electron chi connectivity index (χ3n) is 1.75. The summed E-state index contributed by atoms with van der Waals surface area (Å²) >= 11 is 0. The Morgan fingerprint density at radius 1 is 1.50 bits per heavy atom. The maximum Gasteiger partial charge on any atom is 0.132 e. The summed E-state index contributed by atoms with van der Waals surface area (Å²) in [7, 11) is 1.64. The van der Waals surface area contributed by atoms with Gasteiger partial charge in [0, 0.05) is 18.7 Å². The van der Waals surface area contributed by atoms with Gasteiger partial charge in [0.2, 0.25) is 0 Å². The van der Waals surface area contributed by atoms with E-state index in [-0.39, 0.29) is 11.3 Å². The van der Waals surface area contributed by atoms with Gasteiger partial charge in [-0.2, -0.15) is 0 Å². The molecule has 0 saturated carbocycles. The standard InChI is InChI=1S/C10H12FN3/c1-14-10(13)6-9(12)7-4-2-3-5-8(7)11/h2-6,12,14H,13H2,1H3/b10-6-,12-9?. The Morgan fingerprint density at radius 3 is 2.71 bits per heavy atom. The number of allylic oxidation sites excluding steroid dienone is 1. The molecule has 0 fully saturated rings. The van der Waals surface area contributed by atoms with Crippen LogP contribution in [0.25, 0.3) is 0 Å². The SMILES string of the molecule is CN/C(N)=C\C(=N)c1ccccc1F. The molecule has 0 atom stereocenters. The second-order valence-corrected chi connectivity index (χ2v) is 2.74. The molecule has 3 nitrogen and oxygen atoms in total. The van der Waals surface area contributed by atoms with Crippen molar-refractivity contribution >= 4 is 5.71 Å². The maximum absolute atomic E-state index is 13.2. The maximum atomic E-state index is 13.2. The van der Waals surface area contributed by atoms with Crippen LogP contribution in [0.5, 0.6) is 0 Å². The zero-order valence-corrected chi connectivity index (χ0v) is 7.84. The van der Waals surface area contributed by atoms with Crippen LogP contribution >= 0.6 is 0 Å². The third kappa shape index (κ3) is 2.32. The molecule has 1 rings (SSSR count). The number of hydrogen-bond donors (Lipinski definition) is 3. The molecule has 0 aliphatic carbocycles. The molecule has 0 aliphatic rings. The summed E-state index contributed by atoms with van der Waals surface area (Å²) in [6, 6.07) is 6.11. The second-order valence-electron chi connectivity index (χ2n) is 2.74. The lowest BCUT2D eigenvalue weighted by molar-refractivity contribution is 0.625. The topological polar surface area (TPSA) is 61.9 Å². The fourth-order valence-electron chi connectivity index (χ4n) is 0.985. The third-order valence-corrected chi connectivity index (χ3v) is 1.75. The molecule has 1 aromatic carbocycles. The molecule has 0 spiro atoms. The van der Waals surface area contributed by atoms with Gasteiger partial charge in [0.05, 0.1) is 11.5 Å². The van der Waals surface area contributed by atoms with Crippen molar-refractivity contribution in [3.63, 3.8) is 0 Å². The predicted octanol–water partition coefficient (Wildman–Crippen LogP) is 1.21. The van der Waals surface area contributed by atoms with Crippen LogP contribution in [0.4, 0.5) is 4.39 Å². The van der Waals surface area contributed by atoms with Crippen LogP contribution in [0.1, 0.15) is 5.56 Å². The summed E-state index contributed by atoms with van der Waals surface area (Å²) in [4.78, 5) is 0. The fourth-order valence-corrected chi connectivity index (χ4v) is 0.985. The molecule has 0 aliphatic heterocycles. The van der Waals surface area contributed by atoms with Crippen molar-refractivity contribution < 1.29 is 4.39 Å². The number of hydrogen-bond acceptors (Lipinski definition) is 3. The van der Waals surface area contributed by atoms with Crippen molar-refractivity contribution in [2.45, 2.75) is 0 Å². The Bertz CT molecular complexity index is 371. The molecule has 0 amide bonds. The van der Waals surface area contributed by atoms with Crippen LogP contribution in [0.3, 0.4) is 0 Å². The molecule has 0 radical (unpaired) electrons. The van der Waals surface area contributed by atoms with E-state index in [0.29, 0.717) is 5.82 Å². The molecule has 4 N–H and O–H groups in total. The van der Waals surface area contributed by atoms with Crippen molar-refractivity contribution in [3.05, 3.63) is 47.5 Å². The van der Waals surface area contributed by atoms with Crippen LogP contribution in [-0.4, -0.2) is 12.8 Å². The van der Waals surface area contributed by atoms with Crippen LogP contribution in [0.15, 0.2) is 36.2 Å². The molecular formula is C10H12FN3. The molecule has 0 unspecified atom stereocenters. The van der Waals surface area contributed by atoms with Gasteiger partial charge in [-0.1, -0.05) is 12.1 Å². The van der Waals surface area contributed by atoms with Gasteiger partial charge in [0.15, 0.2) is 0 Å². The van der Waals surface area contributed by atoms with Gasteiger partial charge < -0.3 is 16.5 Å². The first-order valence-electron chi connectivity index (χ1n) is 4.13. The van der Waals surface area contributed by atoms with Gasteiger partial charge >= 0.3 is 0 Å². The monoisotopic (exact) mass is 193 g/mol. The van der Waals surface area contributed by atoms with Crippen LogP contribution in [0, 0.1) is 11.2 Å². The minimum Gasteiger partial charge on any atom is -0.385 e. The Balaban J connectivity index is 2.96. The van der Waals surface area contributed by atoms with Gasteiger partial charge in [0.1, 0.15) is 5.82 Å². The zero-order chi connectivity index (χ0) is 10.6. The van der Waals surface area contributed by atoms with E-state index in [1.54, 1.807) is 19.2 Å². The van der Waals surface area contributed by atoms with Gasteiger partial charge in [-0.05, 0) is 12.1 Å². The van der Waals surface area contributed by atoms with E-state index in [0.717, 1.165) is 0 Å². The van der Waals surface area contributed by atoms with E-state index in [4.69, 9.17) is 11.1 Å². The Labute approximate surface area is 81.9 Å². The normalized spacial score (nSPS) is 11.1. The van der Waals surface area contributed by atoms with E-state index >= 15 is 0 Å². The highest BCUT2D eigenvalue weighted by atomic mass is 19.1. The molecule has 0 bridgehead atoms. The summed E-state index contributed by atoms with van der Waals surface area (Å²) in [6.45, 7) is 0. The highest BCUT2D eigenvalue weighted by Crippen LogP contribution is 2.07. The molecule has 1 aromatic rings. The Morgan fingerprint density at radius 2 is 2.14 bits per heavy atom. The average Bonchev–Trinajstić information content (AvgIpc) is 2.18. The lowest BCUT2D eigenvalue weighted by atomic mass is 10.1. The number of nitrogens with two attached hydrogens (primary N) is 1. The summed E-state index contributed by atoms with van der Waals surface area (Å²) in [5.41, 5.74) is 5.74. The summed E-state index contributed by atoms with van der Waals surface area (Å²) < 4.78 is 13.2. The predicted molar refractivity (Wildman–Crippen MR) is 54.6 cm³/mol. The Kier molecular flexibility index (Phi) is 3.23. The van der Waals surface area contributed by atoms with Crippen LogP contribution < -0.4 is 11.1 Å². The van der Waals surface area contributed by atoms with Crippen molar-refractivity contribution in [1.29, 1.82) is 5.41 Å². The van der Waals surface area contributed by atoms with E-state index in [2.05, 4.69) is 5.32 Å². The lowest BCUT2D eigenvalue weighted by Crippen LogP contribution is -2.16. The van der Waals surface area contributed by atoms with E-state index in [1.165, 1.54) is 18.2 Å². The average molecular weight is 193 g/mol. The van der Waals surface area contributed by atoms with Gasteiger partial charge in [-0.25, -0.2) is 4.39 Å². The van der Waals surface area contributed by atoms with Crippen molar-refractivity contribution in [2.75, 3.05) is 7.05 Å². The molecule has 0 saturated heterocycles. The summed E-state index contributed by atoms with van der Waals surface area (Å²) in [6.07, 6.45) is 1.37. The lowest BCUT2D eigenvalue weighted by Gasteiger charge is -2.02. The smallest absolute Gasteiger partial charge is 0.132 e. The second kappa shape index (κ2) is 4.41. The Hall–Kier alpha value is -1.84. The van der Waals surface area contributed by atoms with Gasteiger partial charge in [-0.15, -0.1) is 0 Å². The first-order chi connectivity index (χ1) is 6.65. The zero-order valence-electron chi connectivity index (χ0n) is 7.84. The number of benzene rings is 1. The van der Waals surface area contributed by atoms with Crippen LogP contribution in [-0.2, 0) is 0 Å². The summed E-state index contributed by atoms with van der Waals surface area (Å²) in [5, 5.41) is 10.2. The molecule has 14 heavy (non-hydrogen) atoms. The largest absolute Gasteiger partial charge is 0.385 e. The van der Waals surface area contributed by atoms with Crippen molar-refractivity contribution in [1.82, 2.24) is 5.32 Å². The summed E-state index contributed by atoms with van der Waals surface area (Å²) in [5.74, 6) is -0.0871. The molecule has 74 valence electrons. The number of rotatable bonds is 3. The molecular weight excluding hydrogens is 181 g/mol. The quantitative estimate of drug-likeness (QED) is 0.632. The molecule has 0 heterocycles. The number of nitrogens with one attached hydrogen (secondary N) is 2. The minimum atomic E-state index is -0.419. The van der Waals surface area contributed by atoms with Crippen molar-refractivity contribution in [2.24, 2.45) is 5.73 Å². The molecule has 0 aromatic heterocycles. The fraction of sp³-hybridized carbons (Fsp3) is 0.100. The first kappa shape index (κ1) is 10.2. The molecule has 4 heteroatoms. The first-order valence-corrected chi connectivity index (χ1v) is 4.13. The van der Waals surface area contributed by atoms with E-state index < -0.39 is 5.82 Å². The highest BCUT2D eigenvalue weighted by Gasteiger charge is 2.04. The number of halogens is 1. The highest BCUT2D eigenvalue weighted by molar-refractivity contribution is 6.06. The van der Waals surface area contributed by atoms with Gasteiger partial charge in [-0.3, -0.25) is 0 Å². The minimum absolute atomic E-state index is 0.0509. The van der Waals surface area contributed by atoms with Crippen molar-refractivity contribution in [3.8, 4) is 0 Å². The van der Waals surface area contributed by atoms with E-state index in [9.17, 15) is 4.39 Å². The van der Waals surface area contributed by atoms with Crippen LogP contribution in [0.2, 0.25) is 0 Å².